The second-order valence-electron chi connectivity index (χ2n) is 4.36. The van der Waals surface area contributed by atoms with Gasteiger partial charge >= 0.3 is 0 Å². The van der Waals surface area contributed by atoms with Crippen LogP contribution >= 0.6 is 12.4 Å². The lowest BCUT2D eigenvalue weighted by molar-refractivity contribution is 0.0725. The Balaban J connectivity index is 0.00000147. The first-order valence-electron chi connectivity index (χ1n) is 6.22. The van der Waals surface area contributed by atoms with Gasteiger partial charge in [0.15, 0.2) is 11.5 Å². The second kappa shape index (κ2) is 6.49. The lowest BCUT2D eigenvalue weighted by Crippen LogP contribution is -2.46. The Morgan fingerprint density at radius 3 is 2.85 bits per heavy atom. The summed E-state index contributed by atoms with van der Waals surface area (Å²) in [5.41, 5.74) is 1.16. The molecule has 3 heterocycles. The van der Waals surface area contributed by atoms with Crippen LogP contribution in [0.5, 0.6) is 0 Å². The quantitative estimate of drug-likeness (QED) is 0.901. The number of hydrogen-bond acceptors (Lipinski definition) is 5. The normalized spacial score (nSPS) is 14.7. The molecule has 0 spiro atoms. The Morgan fingerprint density at radius 2 is 2.15 bits per heavy atom. The summed E-state index contributed by atoms with van der Waals surface area (Å²) >= 11 is 0. The SMILES string of the molecule is Cl.O=C(c1cc(-c2cccnc2)on1)N1CCNCC1. The molecule has 1 saturated heterocycles. The molecule has 7 heteroatoms. The van der Waals surface area contributed by atoms with Crippen molar-refractivity contribution in [2.75, 3.05) is 26.2 Å². The minimum atomic E-state index is -0.0830. The van der Waals surface area contributed by atoms with E-state index < -0.39 is 0 Å². The molecule has 0 saturated carbocycles. The van der Waals surface area contributed by atoms with Crippen molar-refractivity contribution in [3.63, 3.8) is 0 Å². The smallest absolute Gasteiger partial charge is 0.276 e. The molecule has 20 heavy (non-hydrogen) atoms. The van der Waals surface area contributed by atoms with Gasteiger partial charge in [0.25, 0.3) is 5.91 Å². The summed E-state index contributed by atoms with van der Waals surface area (Å²) in [5, 5.41) is 7.06. The van der Waals surface area contributed by atoms with Crippen LogP contribution in [0, 0.1) is 0 Å². The van der Waals surface area contributed by atoms with Crippen molar-refractivity contribution in [1.29, 1.82) is 0 Å². The highest BCUT2D eigenvalue weighted by molar-refractivity contribution is 5.93. The summed E-state index contributed by atoms with van der Waals surface area (Å²) < 4.78 is 5.21. The van der Waals surface area contributed by atoms with E-state index in [1.807, 2.05) is 12.1 Å². The maximum atomic E-state index is 12.2. The van der Waals surface area contributed by atoms with E-state index in [1.165, 1.54) is 0 Å². The van der Waals surface area contributed by atoms with Crippen molar-refractivity contribution in [1.82, 2.24) is 20.4 Å². The standard InChI is InChI=1S/C13H14N4O2.ClH/c18-13(17-6-4-14-5-7-17)11-8-12(19-16-11)10-2-1-3-15-9-10;/h1-3,8-9,14H,4-7H2;1H. The first kappa shape index (κ1) is 14.5. The molecule has 0 unspecified atom stereocenters. The summed E-state index contributed by atoms with van der Waals surface area (Å²) in [4.78, 5) is 18.0. The molecule has 0 radical (unpaired) electrons. The third-order valence-corrected chi connectivity index (χ3v) is 3.08. The third kappa shape index (κ3) is 2.97. The van der Waals surface area contributed by atoms with Crippen LogP contribution < -0.4 is 5.32 Å². The van der Waals surface area contributed by atoms with Crippen molar-refractivity contribution in [3.8, 4) is 11.3 Å². The van der Waals surface area contributed by atoms with E-state index >= 15 is 0 Å². The molecule has 2 aromatic heterocycles. The fourth-order valence-electron chi connectivity index (χ4n) is 2.05. The molecule has 0 aromatic carbocycles. The predicted molar refractivity (Wildman–Crippen MR) is 75.8 cm³/mol. The van der Waals surface area contributed by atoms with E-state index in [0.717, 1.165) is 18.7 Å². The van der Waals surface area contributed by atoms with Gasteiger partial charge in [-0.1, -0.05) is 5.16 Å². The van der Waals surface area contributed by atoms with E-state index in [2.05, 4.69) is 15.5 Å². The number of aromatic nitrogens is 2. The lowest BCUT2D eigenvalue weighted by atomic mass is 10.2. The van der Waals surface area contributed by atoms with Crippen LogP contribution in [0.3, 0.4) is 0 Å². The van der Waals surface area contributed by atoms with Crippen LogP contribution in [-0.4, -0.2) is 47.1 Å². The van der Waals surface area contributed by atoms with Gasteiger partial charge < -0.3 is 14.7 Å². The molecule has 0 aliphatic carbocycles. The molecule has 1 amide bonds. The highest BCUT2D eigenvalue weighted by atomic mass is 35.5. The Morgan fingerprint density at radius 1 is 1.35 bits per heavy atom. The van der Waals surface area contributed by atoms with Gasteiger partial charge in [-0.25, -0.2) is 0 Å². The largest absolute Gasteiger partial charge is 0.355 e. The zero-order valence-electron chi connectivity index (χ0n) is 10.8. The monoisotopic (exact) mass is 294 g/mol. The first-order valence-corrected chi connectivity index (χ1v) is 6.22. The van der Waals surface area contributed by atoms with Crippen LogP contribution in [0.25, 0.3) is 11.3 Å². The van der Waals surface area contributed by atoms with Crippen LogP contribution in [0.2, 0.25) is 0 Å². The number of halogens is 1. The van der Waals surface area contributed by atoms with E-state index in [0.29, 0.717) is 24.5 Å². The third-order valence-electron chi connectivity index (χ3n) is 3.08. The molecule has 1 fully saturated rings. The minimum Gasteiger partial charge on any atom is -0.355 e. The molecule has 3 rings (SSSR count). The Kier molecular flexibility index (Phi) is 4.70. The highest BCUT2D eigenvalue weighted by Gasteiger charge is 2.21. The molecule has 0 atom stereocenters. The zero-order chi connectivity index (χ0) is 13.1. The average molecular weight is 295 g/mol. The molecule has 1 aliphatic rings. The molecule has 106 valence electrons. The van der Waals surface area contributed by atoms with Crippen molar-refractivity contribution >= 4 is 18.3 Å². The van der Waals surface area contributed by atoms with Crippen LogP contribution in [0.15, 0.2) is 35.1 Å². The fourth-order valence-corrected chi connectivity index (χ4v) is 2.05. The number of hydrogen-bond donors (Lipinski definition) is 1. The van der Waals surface area contributed by atoms with Gasteiger partial charge in [-0.05, 0) is 12.1 Å². The van der Waals surface area contributed by atoms with Crippen molar-refractivity contribution < 1.29 is 9.32 Å². The molecule has 1 N–H and O–H groups in total. The van der Waals surface area contributed by atoms with Gasteiger partial charge in [-0.15, -0.1) is 12.4 Å². The van der Waals surface area contributed by atoms with Gasteiger partial charge in [-0.2, -0.15) is 0 Å². The number of nitrogens with zero attached hydrogens (tertiary/aromatic N) is 3. The van der Waals surface area contributed by atoms with Crippen molar-refractivity contribution in [2.45, 2.75) is 0 Å². The molecule has 0 bridgehead atoms. The number of piperazine rings is 1. The zero-order valence-corrected chi connectivity index (χ0v) is 11.6. The number of rotatable bonds is 2. The maximum absolute atomic E-state index is 12.2. The Bertz CT molecular complexity index is 567. The summed E-state index contributed by atoms with van der Waals surface area (Å²) in [6, 6.07) is 5.35. The van der Waals surface area contributed by atoms with E-state index in [1.54, 1.807) is 23.4 Å². The lowest BCUT2D eigenvalue weighted by Gasteiger charge is -2.26. The topological polar surface area (TPSA) is 71.3 Å². The van der Waals surface area contributed by atoms with Crippen LogP contribution in [-0.2, 0) is 0 Å². The summed E-state index contributed by atoms with van der Waals surface area (Å²) in [6.45, 7) is 3.04. The number of carbonyl (C=O) groups is 1. The highest BCUT2D eigenvalue weighted by Crippen LogP contribution is 2.19. The first-order chi connectivity index (χ1) is 9.34. The molecular weight excluding hydrogens is 280 g/mol. The second-order valence-corrected chi connectivity index (χ2v) is 4.36. The van der Waals surface area contributed by atoms with Crippen LogP contribution in [0.1, 0.15) is 10.5 Å². The molecule has 2 aromatic rings. The van der Waals surface area contributed by atoms with Gasteiger partial charge in [0.1, 0.15) is 0 Å². The summed E-state index contributed by atoms with van der Waals surface area (Å²) in [6.07, 6.45) is 3.37. The number of amides is 1. The average Bonchev–Trinajstić information content (AvgIpc) is 2.98. The Labute approximate surface area is 122 Å². The fraction of sp³-hybridized carbons (Fsp3) is 0.308. The number of nitrogens with one attached hydrogen (secondary N) is 1. The van der Waals surface area contributed by atoms with E-state index in [4.69, 9.17) is 4.52 Å². The van der Waals surface area contributed by atoms with E-state index in [9.17, 15) is 4.79 Å². The molecule has 1 aliphatic heterocycles. The molecular formula is C13H15ClN4O2. The van der Waals surface area contributed by atoms with E-state index in [-0.39, 0.29) is 18.3 Å². The van der Waals surface area contributed by atoms with Crippen molar-refractivity contribution in [3.05, 3.63) is 36.3 Å². The predicted octanol–water partition coefficient (Wildman–Crippen LogP) is 1.20. The van der Waals surface area contributed by atoms with Gasteiger partial charge in [0, 0.05) is 50.2 Å². The maximum Gasteiger partial charge on any atom is 0.276 e. The molecule has 6 nitrogen and oxygen atoms in total. The summed E-state index contributed by atoms with van der Waals surface area (Å²) in [7, 11) is 0. The minimum absolute atomic E-state index is 0. The van der Waals surface area contributed by atoms with Crippen LogP contribution in [0.4, 0.5) is 0 Å². The van der Waals surface area contributed by atoms with Gasteiger partial charge in [-0.3, -0.25) is 9.78 Å². The van der Waals surface area contributed by atoms with Gasteiger partial charge in [0.05, 0.1) is 0 Å². The van der Waals surface area contributed by atoms with Crippen molar-refractivity contribution in [2.24, 2.45) is 0 Å². The Hall–Kier alpha value is -1.92. The van der Waals surface area contributed by atoms with Gasteiger partial charge in [0.2, 0.25) is 0 Å². The number of pyridine rings is 1. The summed E-state index contributed by atoms with van der Waals surface area (Å²) in [5.74, 6) is 0.479. The number of carbonyl (C=O) groups excluding carboxylic acids is 1.